The Morgan fingerprint density at radius 1 is 1.33 bits per heavy atom. The molecular weight excluding hydrogens is 210 g/mol. The molecule has 0 bridgehead atoms. The zero-order valence-electron chi connectivity index (χ0n) is 8.54. The maximum Gasteiger partial charge on any atom is 0.254 e. The minimum absolute atomic E-state index is 0.462. The van der Waals surface area contributed by atoms with E-state index >= 15 is 0 Å². The molecule has 0 N–H and O–H groups in total. The third-order valence-corrected chi connectivity index (χ3v) is 2.70. The first-order valence-electron chi connectivity index (χ1n) is 4.66. The van der Waals surface area contributed by atoms with Gasteiger partial charge in [0.1, 0.15) is 0 Å². The van der Waals surface area contributed by atoms with Crippen molar-refractivity contribution in [3.63, 3.8) is 0 Å². The average molecular weight is 220 g/mol. The molecule has 0 fully saturated rings. The van der Waals surface area contributed by atoms with E-state index in [0.717, 1.165) is 16.6 Å². The molecule has 3 heteroatoms. The fraction of sp³-hybridized carbons (Fsp3) is 0.167. The predicted molar refractivity (Wildman–Crippen MR) is 61.4 cm³/mol. The minimum Gasteiger partial charge on any atom is -0.276 e. The summed E-state index contributed by atoms with van der Waals surface area (Å²) >= 11 is 5.50. The van der Waals surface area contributed by atoms with Crippen LogP contribution in [0.1, 0.15) is 21.6 Å². The SMILES string of the molecule is Cc1cc2cccc(C(=O)Cl)c2nc1C. The molecule has 0 aliphatic carbocycles. The number of halogens is 1. The molecule has 0 saturated heterocycles. The number of aryl methyl sites for hydroxylation is 2. The van der Waals surface area contributed by atoms with Gasteiger partial charge in [0.2, 0.25) is 0 Å². The summed E-state index contributed by atoms with van der Waals surface area (Å²) in [4.78, 5) is 15.6. The molecule has 0 atom stereocenters. The number of fused-ring (bicyclic) bond motifs is 1. The second-order valence-corrected chi connectivity index (χ2v) is 3.88. The van der Waals surface area contributed by atoms with Gasteiger partial charge in [-0.25, -0.2) is 0 Å². The van der Waals surface area contributed by atoms with Gasteiger partial charge in [-0.1, -0.05) is 12.1 Å². The molecule has 2 nitrogen and oxygen atoms in total. The summed E-state index contributed by atoms with van der Waals surface area (Å²) in [5, 5.41) is 0.487. The van der Waals surface area contributed by atoms with Gasteiger partial charge < -0.3 is 0 Å². The van der Waals surface area contributed by atoms with Crippen LogP contribution in [-0.2, 0) is 0 Å². The summed E-state index contributed by atoms with van der Waals surface area (Å²) < 4.78 is 0. The third-order valence-electron chi connectivity index (χ3n) is 2.50. The zero-order chi connectivity index (χ0) is 11.0. The summed E-state index contributed by atoms with van der Waals surface area (Å²) in [5.41, 5.74) is 3.19. The van der Waals surface area contributed by atoms with Gasteiger partial charge in [-0.15, -0.1) is 0 Å². The molecular formula is C12H10ClNO. The maximum absolute atomic E-state index is 11.2. The van der Waals surface area contributed by atoms with Gasteiger partial charge >= 0.3 is 0 Å². The Bertz CT molecular complexity index is 549. The summed E-state index contributed by atoms with van der Waals surface area (Å²) in [6, 6.07) is 7.45. The Hall–Kier alpha value is -1.41. The maximum atomic E-state index is 11.2. The number of hydrogen-bond donors (Lipinski definition) is 0. The highest BCUT2D eigenvalue weighted by Gasteiger charge is 2.09. The molecule has 2 aromatic rings. The molecule has 2 rings (SSSR count). The van der Waals surface area contributed by atoms with E-state index in [4.69, 9.17) is 11.6 Å². The van der Waals surface area contributed by atoms with Crippen LogP contribution in [0.4, 0.5) is 0 Å². The Kier molecular flexibility index (Phi) is 2.45. The van der Waals surface area contributed by atoms with Crippen molar-refractivity contribution in [1.29, 1.82) is 0 Å². The van der Waals surface area contributed by atoms with Gasteiger partial charge in [-0.3, -0.25) is 9.78 Å². The molecule has 1 heterocycles. The summed E-state index contributed by atoms with van der Waals surface area (Å²) in [6.45, 7) is 3.92. The number of pyridine rings is 1. The highest BCUT2D eigenvalue weighted by Crippen LogP contribution is 2.20. The second-order valence-electron chi connectivity index (χ2n) is 3.54. The first kappa shape index (κ1) is 10.1. The van der Waals surface area contributed by atoms with Crippen molar-refractivity contribution >= 4 is 27.7 Å². The van der Waals surface area contributed by atoms with Gasteiger partial charge in [-0.2, -0.15) is 0 Å². The number of hydrogen-bond acceptors (Lipinski definition) is 2. The van der Waals surface area contributed by atoms with Crippen LogP contribution in [0.2, 0.25) is 0 Å². The van der Waals surface area contributed by atoms with Crippen molar-refractivity contribution in [2.24, 2.45) is 0 Å². The quantitative estimate of drug-likeness (QED) is 0.690. The molecule has 76 valence electrons. The van der Waals surface area contributed by atoms with Crippen LogP contribution in [-0.4, -0.2) is 10.2 Å². The summed E-state index contributed by atoms with van der Waals surface area (Å²) in [5.74, 6) is 0. The normalized spacial score (nSPS) is 10.6. The molecule has 1 aromatic heterocycles. The van der Waals surface area contributed by atoms with Crippen molar-refractivity contribution < 1.29 is 4.79 Å². The highest BCUT2D eigenvalue weighted by atomic mass is 35.5. The lowest BCUT2D eigenvalue weighted by Crippen LogP contribution is -1.95. The van der Waals surface area contributed by atoms with Crippen molar-refractivity contribution in [2.75, 3.05) is 0 Å². The first-order chi connectivity index (χ1) is 7.09. The van der Waals surface area contributed by atoms with Crippen LogP contribution >= 0.6 is 11.6 Å². The number of carbonyl (C=O) groups excluding carboxylic acids is 1. The monoisotopic (exact) mass is 219 g/mol. The van der Waals surface area contributed by atoms with Crippen LogP contribution in [0.25, 0.3) is 10.9 Å². The fourth-order valence-electron chi connectivity index (χ4n) is 1.55. The van der Waals surface area contributed by atoms with Crippen LogP contribution in [0, 0.1) is 13.8 Å². The number of carbonyl (C=O) groups is 1. The fourth-order valence-corrected chi connectivity index (χ4v) is 1.71. The topological polar surface area (TPSA) is 30.0 Å². The molecule has 0 amide bonds. The number of nitrogens with zero attached hydrogens (tertiary/aromatic N) is 1. The number of benzene rings is 1. The van der Waals surface area contributed by atoms with Gasteiger partial charge in [0.25, 0.3) is 5.24 Å². The van der Waals surface area contributed by atoms with Crippen LogP contribution in [0.5, 0.6) is 0 Å². The Morgan fingerprint density at radius 2 is 2.07 bits per heavy atom. The van der Waals surface area contributed by atoms with Crippen LogP contribution in [0.3, 0.4) is 0 Å². The van der Waals surface area contributed by atoms with Gasteiger partial charge in [0, 0.05) is 11.1 Å². The van der Waals surface area contributed by atoms with Crippen molar-refractivity contribution in [1.82, 2.24) is 4.98 Å². The summed E-state index contributed by atoms with van der Waals surface area (Å²) in [7, 11) is 0. The number of rotatable bonds is 1. The molecule has 0 aliphatic heterocycles. The predicted octanol–water partition coefficient (Wildman–Crippen LogP) is 3.23. The smallest absolute Gasteiger partial charge is 0.254 e. The van der Waals surface area contributed by atoms with E-state index in [2.05, 4.69) is 4.98 Å². The van der Waals surface area contributed by atoms with Crippen LogP contribution < -0.4 is 0 Å². The highest BCUT2D eigenvalue weighted by molar-refractivity contribution is 6.68. The largest absolute Gasteiger partial charge is 0.276 e. The van der Waals surface area contributed by atoms with E-state index in [0.29, 0.717) is 11.1 Å². The first-order valence-corrected chi connectivity index (χ1v) is 5.04. The van der Waals surface area contributed by atoms with E-state index in [1.165, 1.54) is 0 Å². The van der Waals surface area contributed by atoms with Crippen molar-refractivity contribution in [3.8, 4) is 0 Å². The van der Waals surface area contributed by atoms with Gasteiger partial charge in [0.15, 0.2) is 0 Å². The minimum atomic E-state index is -0.462. The van der Waals surface area contributed by atoms with Crippen molar-refractivity contribution in [2.45, 2.75) is 13.8 Å². The van der Waals surface area contributed by atoms with Crippen molar-refractivity contribution in [3.05, 3.63) is 41.1 Å². The zero-order valence-corrected chi connectivity index (χ0v) is 9.30. The molecule has 0 radical (unpaired) electrons. The van der Waals surface area contributed by atoms with E-state index in [9.17, 15) is 4.79 Å². The Labute approximate surface area is 92.9 Å². The second kappa shape index (κ2) is 3.63. The molecule has 0 saturated carbocycles. The standard InChI is InChI=1S/C12H10ClNO/c1-7-6-9-4-3-5-10(12(13)15)11(9)14-8(7)2/h3-6H,1-2H3. The van der Waals surface area contributed by atoms with Crippen LogP contribution in [0.15, 0.2) is 24.3 Å². The van der Waals surface area contributed by atoms with E-state index in [-0.39, 0.29) is 0 Å². The lowest BCUT2D eigenvalue weighted by molar-refractivity contribution is 0.108. The molecule has 15 heavy (non-hydrogen) atoms. The number of aromatic nitrogens is 1. The molecule has 0 unspecified atom stereocenters. The Balaban J connectivity index is 2.86. The lowest BCUT2D eigenvalue weighted by Gasteiger charge is -2.05. The van der Waals surface area contributed by atoms with E-state index in [1.54, 1.807) is 6.07 Å². The molecule has 1 aromatic carbocycles. The molecule has 0 aliphatic rings. The van der Waals surface area contributed by atoms with Gasteiger partial charge in [0.05, 0.1) is 11.1 Å². The molecule has 0 spiro atoms. The third kappa shape index (κ3) is 1.73. The number of para-hydroxylation sites is 1. The van der Waals surface area contributed by atoms with E-state index < -0.39 is 5.24 Å². The van der Waals surface area contributed by atoms with E-state index in [1.807, 2.05) is 32.0 Å². The lowest BCUT2D eigenvalue weighted by atomic mass is 10.1. The Morgan fingerprint density at radius 3 is 2.73 bits per heavy atom. The average Bonchev–Trinajstić information content (AvgIpc) is 2.18. The summed E-state index contributed by atoms with van der Waals surface area (Å²) in [6.07, 6.45) is 0. The van der Waals surface area contributed by atoms with Gasteiger partial charge in [-0.05, 0) is 43.1 Å².